The van der Waals surface area contributed by atoms with E-state index in [0.29, 0.717) is 30.6 Å². The summed E-state index contributed by atoms with van der Waals surface area (Å²) < 4.78 is 5.54. The van der Waals surface area contributed by atoms with Crippen molar-refractivity contribution in [1.82, 2.24) is 15.2 Å². The van der Waals surface area contributed by atoms with Gasteiger partial charge in [0.25, 0.3) is 17.7 Å². The van der Waals surface area contributed by atoms with Gasteiger partial charge in [-0.2, -0.15) is 0 Å². The number of hydrogen-bond acceptors (Lipinski definition) is 7. The number of phenols is 1. The van der Waals surface area contributed by atoms with E-state index in [1.165, 1.54) is 16.0 Å². The van der Waals surface area contributed by atoms with Crippen LogP contribution in [0, 0.1) is 12.8 Å². The van der Waals surface area contributed by atoms with Crippen LogP contribution in [0.3, 0.4) is 0 Å². The van der Waals surface area contributed by atoms with Gasteiger partial charge in [-0.25, -0.2) is 14.8 Å². The Morgan fingerprint density at radius 3 is 2.35 bits per heavy atom. The van der Waals surface area contributed by atoms with E-state index in [1.54, 1.807) is 70.2 Å². The largest absolute Gasteiger partial charge is 0.508 e. The molecule has 3 N–H and O–H groups in total. The zero-order valence-corrected chi connectivity index (χ0v) is 25.9. The van der Waals surface area contributed by atoms with E-state index in [-0.39, 0.29) is 30.2 Å². The fourth-order valence-corrected chi connectivity index (χ4v) is 5.04. The predicted molar refractivity (Wildman–Crippen MR) is 162 cm³/mol. The number of hydrazine groups is 1. The third-order valence-corrected chi connectivity index (χ3v) is 7.04. The molecule has 0 aliphatic carbocycles. The lowest BCUT2D eigenvalue weighted by Gasteiger charge is -2.39. The van der Waals surface area contributed by atoms with E-state index < -0.39 is 48.1 Å². The molecule has 234 valence electrons. The lowest BCUT2D eigenvalue weighted by Crippen LogP contribution is -2.61. The molecule has 1 heterocycles. The minimum atomic E-state index is -1.06. The number of nitrogens with zero attached hydrogens (tertiary/aromatic N) is 3. The molecule has 0 aromatic heterocycles. The first kappa shape index (κ1) is 33.4. The smallest absolute Gasteiger partial charge is 0.410 e. The highest BCUT2D eigenvalue weighted by Gasteiger charge is 2.42. The second-order valence-corrected chi connectivity index (χ2v) is 12.1. The topological polar surface area (TPSA) is 140 Å². The van der Waals surface area contributed by atoms with Crippen molar-refractivity contribution in [3.8, 4) is 5.75 Å². The number of aromatic hydroxyl groups is 1. The third kappa shape index (κ3) is 8.47. The average molecular weight is 597 g/mol. The van der Waals surface area contributed by atoms with Crippen LogP contribution in [-0.4, -0.2) is 81.3 Å². The van der Waals surface area contributed by atoms with Crippen molar-refractivity contribution < 1.29 is 34.1 Å². The van der Waals surface area contributed by atoms with E-state index in [4.69, 9.17) is 4.74 Å². The van der Waals surface area contributed by atoms with Gasteiger partial charge in [0.1, 0.15) is 23.4 Å². The second kappa shape index (κ2) is 14.4. The van der Waals surface area contributed by atoms with Crippen molar-refractivity contribution in [2.45, 2.75) is 78.5 Å². The number of para-hydroxylation sites is 1. The summed E-state index contributed by atoms with van der Waals surface area (Å²) in [5, 5.41) is 25.3. The molecule has 3 rings (SSSR count). The van der Waals surface area contributed by atoms with Crippen LogP contribution in [0.25, 0.3) is 0 Å². The van der Waals surface area contributed by atoms with Crippen LogP contribution in [0.1, 0.15) is 69.8 Å². The van der Waals surface area contributed by atoms with Crippen LogP contribution >= 0.6 is 0 Å². The first-order valence-corrected chi connectivity index (χ1v) is 14.6. The maximum Gasteiger partial charge on any atom is 0.410 e. The van der Waals surface area contributed by atoms with Crippen molar-refractivity contribution in [1.29, 1.82) is 0 Å². The number of carbonyl (C=O) groups is 4. The Bertz CT molecular complexity index is 1290. The molecule has 0 unspecified atom stereocenters. The Hall–Kier alpha value is -4.12. The number of carbonyl (C=O) groups excluding carboxylic acids is 4. The van der Waals surface area contributed by atoms with E-state index >= 15 is 0 Å². The minimum absolute atomic E-state index is 0.0170. The van der Waals surface area contributed by atoms with Gasteiger partial charge in [-0.05, 0) is 77.1 Å². The lowest BCUT2D eigenvalue weighted by atomic mass is 10.0. The summed E-state index contributed by atoms with van der Waals surface area (Å²) in [7, 11) is 0. The normalized spacial score (nSPS) is 15.6. The number of aliphatic hydroxyl groups is 1. The summed E-state index contributed by atoms with van der Waals surface area (Å²) in [5.41, 5.74) is 0.180. The van der Waals surface area contributed by atoms with Crippen LogP contribution in [0.15, 0.2) is 48.5 Å². The van der Waals surface area contributed by atoms with Gasteiger partial charge >= 0.3 is 6.09 Å². The molecule has 2 atom stereocenters. The van der Waals surface area contributed by atoms with Gasteiger partial charge in [0.2, 0.25) is 0 Å². The molecular formula is C32H44N4O7. The minimum Gasteiger partial charge on any atom is -0.508 e. The standard InChI is InChI=1S/C32H44N4O7/c1-21(2)20-25(33-28(39)24-14-10-16-27(38)22(24)3)29(40)36(23-12-8-7-9-13-23)35(18-19-37)30(41)26-15-11-17-34(26)31(42)43-32(4,5)6/h7-10,12-14,16,21,25-26,37-38H,11,15,17-20H2,1-6H3,(H,33,39)/t25-,26-/m0/s1. The Kier molecular flexibility index (Phi) is 11.2. The second-order valence-electron chi connectivity index (χ2n) is 12.1. The summed E-state index contributed by atoms with van der Waals surface area (Å²) in [6.45, 7) is 10.3. The molecule has 0 radical (unpaired) electrons. The van der Waals surface area contributed by atoms with Gasteiger partial charge in [0.05, 0.1) is 18.8 Å². The molecule has 11 nitrogen and oxygen atoms in total. The van der Waals surface area contributed by atoms with Gasteiger partial charge in [0.15, 0.2) is 0 Å². The molecule has 43 heavy (non-hydrogen) atoms. The first-order chi connectivity index (χ1) is 20.2. The van der Waals surface area contributed by atoms with Crippen LogP contribution in [0.2, 0.25) is 0 Å². The van der Waals surface area contributed by atoms with Gasteiger partial charge in [-0.3, -0.25) is 19.3 Å². The highest BCUT2D eigenvalue weighted by molar-refractivity contribution is 6.04. The Morgan fingerprint density at radius 1 is 1.07 bits per heavy atom. The number of aliphatic hydroxyl groups excluding tert-OH is 1. The number of hydrogen-bond donors (Lipinski definition) is 3. The van der Waals surface area contributed by atoms with Gasteiger partial charge < -0.3 is 20.3 Å². The molecule has 4 amide bonds. The van der Waals surface area contributed by atoms with Crippen molar-refractivity contribution in [2.75, 3.05) is 24.7 Å². The Labute approximate surface area is 253 Å². The summed E-state index contributed by atoms with van der Waals surface area (Å²) in [4.78, 5) is 56.3. The van der Waals surface area contributed by atoms with E-state index in [0.717, 1.165) is 5.01 Å². The monoisotopic (exact) mass is 596 g/mol. The molecule has 2 aromatic carbocycles. The third-order valence-electron chi connectivity index (χ3n) is 7.04. The fourth-order valence-electron chi connectivity index (χ4n) is 5.04. The number of anilines is 1. The van der Waals surface area contributed by atoms with E-state index in [1.807, 2.05) is 13.8 Å². The molecule has 2 aromatic rings. The van der Waals surface area contributed by atoms with Crippen LogP contribution in [-0.2, 0) is 14.3 Å². The van der Waals surface area contributed by atoms with E-state index in [2.05, 4.69) is 5.32 Å². The number of rotatable bonds is 9. The molecule has 1 saturated heterocycles. The molecule has 0 saturated carbocycles. The van der Waals surface area contributed by atoms with Crippen LogP contribution in [0.5, 0.6) is 5.75 Å². The van der Waals surface area contributed by atoms with Gasteiger partial charge in [-0.1, -0.05) is 38.1 Å². The lowest BCUT2D eigenvalue weighted by molar-refractivity contribution is -0.141. The Morgan fingerprint density at radius 2 is 1.74 bits per heavy atom. The van der Waals surface area contributed by atoms with Crippen molar-refractivity contribution in [2.24, 2.45) is 5.92 Å². The number of phenolic OH excluding ortho intramolecular Hbond substituents is 1. The number of likely N-dealkylation sites (tertiary alicyclic amines) is 1. The summed E-state index contributed by atoms with van der Waals surface area (Å²) in [5.74, 6) is -1.75. The maximum absolute atomic E-state index is 14.4. The highest BCUT2D eigenvalue weighted by Crippen LogP contribution is 2.27. The summed E-state index contributed by atoms with van der Waals surface area (Å²) in [6.07, 6.45) is 0.550. The predicted octanol–water partition coefficient (Wildman–Crippen LogP) is 4.01. The molecule has 1 aliphatic heterocycles. The fraction of sp³-hybridized carbons (Fsp3) is 0.500. The van der Waals surface area contributed by atoms with Crippen LogP contribution < -0.4 is 10.3 Å². The molecule has 0 bridgehead atoms. The van der Waals surface area contributed by atoms with Gasteiger partial charge in [-0.15, -0.1) is 0 Å². The molecule has 1 aliphatic rings. The highest BCUT2D eigenvalue weighted by atomic mass is 16.6. The number of amides is 4. The first-order valence-electron chi connectivity index (χ1n) is 14.6. The van der Waals surface area contributed by atoms with Crippen molar-refractivity contribution >= 4 is 29.5 Å². The van der Waals surface area contributed by atoms with Gasteiger partial charge in [0, 0.05) is 17.7 Å². The van der Waals surface area contributed by atoms with Crippen molar-refractivity contribution in [3.05, 3.63) is 59.7 Å². The quantitative estimate of drug-likeness (QED) is 0.372. The van der Waals surface area contributed by atoms with E-state index in [9.17, 15) is 29.4 Å². The number of ether oxygens (including phenoxy) is 1. The SMILES string of the molecule is Cc1c(O)cccc1C(=O)N[C@@H](CC(C)C)C(=O)N(c1ccccc1)N(CCO)C(=O)[C@@H]1CCCN1C(=O)OC(C)(C)C. The van der Waals surface area contributed by atoms with Crippen LogP contribution in [0.4, 0.5) is 10.5 Å². The Balaban J connectivity index is 2.02. The molecule has 1 fully saturated rings. The number of nitrogens with one attached hydrogen (secondary N) is 1. The average Bonchev–Trinajstić information content (AvgIpc) is 3.43. The molecule has 11 heteroatoms. The number of benzene rings is 2. The van der Waals surface area contributed by atoms with Crippen molar-refractivity contribution in [3.63, 3.8) is 0 Å². The zero-order valence-electron chi connectivity index (χ0n) is 25.9. The maximum atomic E-state index is 14.4. The zero-order chi connectivity index (χ0) is 31.9. The molecule has 0 spiro atoms. The summed E-state index contributed by atoms with van der Waals surface area (Å²) in [6, 6.07) is 11.1. The molecular weight excluding hydrogens is 552 g/mol. The summed E-state index contributed by atoms with van der Waals surface area (Å²) >= 11 is 0.